The summed E-state index contributed by atoms with van der Waals surface area (Å²) in [7, 11) is 0. The van der Waals surface area contributed by atoms with Crippen LogP contribution in [0.2, 0.25) is 0 Å². The highest BCUT2D eigenvalue weighted by Crippen LogP contribution is 2.15. The van der Waals surface area contributed by atoms with Crippen LogP contribution < -0.4 is 5.32 Å². The van der Waals surface area contributed by atoms with Crippen molar-refractivity contribution in [2.24, 2.45) is 5.92 Å². The van der Waals surface area contributed by atoms with Crippen molar-refractivity contribution in [2.45, 2.75) is 26.2 Å². The molecule has 1 saturated heterocycles. The zero-order valence-corrected chi connectivity index (χ0v) is 11.4. The summed E-state index contributed by atoms with van der Waals surface area (Å²) in [5.41, 5.74) is 1.32. The predicted octanol–water partition coefficient (Wildman–Crippen LogP) is 1.95. The lowest BCUT2D eigenvalue weighted by Crippen LogP contribution is -2.37. The van der Waals surface area contributed by atoms with Crippen molar-refractivity contribution in [1.29, 1.82) is 0 Å². The Morgan fingerprint density at radius 3 is 2.89 bits per heavy atom. The van der Waals surface area contributed by atoms with Crippen LogP contribution in [0, 0.1) is 5.92 Å². The molecule has 1 N–H and O–H groups in total. The molecule has 0 saturated carbocycles. The molecule has 1 aliphatic heterocycles. The van der Waals surface area contributed by atoms with Crippen LogP contribution in [-0.4, -0.2) is 42.6 Å². The van der Waals surface area contributed by atoms with Crippen LogP contribution in [0.1, 0.15) is 25.3 Å². The van der Waals surface area contributed by atoms with E-state index in [-0.39, 0.29) is 0 Å². The van der Waals surface area contributed by atoms with Crippen LogP contribution in [0.3, 0.4) is 0 Å². The minimum Gasteiger partial charge on any atom is -0.316 e. The molecule has 1 aromatic heterocycles. The third kappa shape index (κ3) is 4.39. The van der Waals surface area contributed by atoms with Crippen LogP contribution in [0.15, 0.2) is 24.5 Å². The number of piperidine rings is 1. The van der Waals surface area contributed by atoms with E-state index in [1.165, 1.54) is 44.6 Å². The predicted molar refractivity (Wildman–Crippen MR) is 75.6 cm³/mol. The zero-order chi connectivity index (χ0) is 12.6. The highest BCUT2D eigenvalue weighted by Gasteiger charge is 2.17. The van der Waals surface area contributed by atoms with Gasteiger partial charge >= 0.3 is 0 Å². The smallest absolute Gasteiger partial charge is 0.0300 e. The lowest BCUT2D eigenvalue weighted by molar-refractivity contribution is 0.190. The van der Waals surface area contributed by atoms with Gasteiger partial charge in [-0.05, 0) is 69.5 Å². The highest BCUT2D eigenvalue weighted by atomic mass is 15.1. The van der Waals surface area contributed by atoms with E-state index >= 15 is 0 Å². The van der Waals surface area contributed by atoms with Gasteiger partial charge in [0.2, 0.25) is 0 Å². The molecule has 2 heterocycles. The maximum Gasteiger partial charge on any atom is 0.0300 e. The van der Waals surface area contributed by atoms with Crippen molar-refractivity contribution in [3.63, 3.8) is 0 Å². The minimum atomic E-state index is 0.877. The third-order valence-corrected chi connectivity index (χ3v) is 3.90. The summed E-state index contributed by atoms with van der Waals surface area (Å²) in [5, 5.41) is 3.59. The molecule has 1 aliphatic rings. The summed E-state index contributed by atoms with van der Waals surface area (Å²) in [6, 6.07) is 4.16. The van der Waals surface area contributed by atoms with Crippen LogP contribution in [0.5, 0.6) is 0 Å². The summed E-state index contributed by atoms with van der Waals surface area (Å²) in [6.07, 6.45) is 7.59. The zero-order valence-electron chi connectivity index (χ0n) is 11.4. The van der Waals surface area contributed by atoms with Crippen LogP contribution in [-0.2, 0) is 6.42 Å². The van der Waals surface area contributed by atoms with E-state index in [1.54, 1.807) is 0 Å². The van der Waals surface area contributed by atoms with Gasteiger partial charge < -0.3 is 10.2 Å². The van der Waals surface area contributed by atoms with Crippen LogP contribution >= 0.6 is 0 Å². The van der Waals surface area contributed by atoms with E-state index in [0.717, 1.165) is 18.9 Å². The first kappa shape index (κ1) is 13.5. The van der Waals surface area contributed by atoms with Gasteiger partial charge in [0.05, 0.1) is 0 Å². The van der Waals surface area contributed by atoms with Gasteiger partial charge in [-0.1, -0.05) is 13.0 Å². The standard InChI is InChI=1S/C15H25N3/c1-2-18-10-6-15(7-11-18)13-17-9-5-14-4-3-8-16-12-14/h3-4,8,12,15,17H,2,5-7,9-11,13H2,1H3. The van der Waals surface area contributed by atoms with E-state index in [1.807, 2.05) is 18.5 Å². The van der Waals surface area contributed by atoms with Gasteiger partial charge in [0.25, 0.3) is 0 Å². The second kappa shape index (κ2) is 7.49. The van der Waals surface area contributed by atoms with Gasteiger partial charge in [-0.3, -0.25) is 4.98 Å². The van der Waals surface area contributed by atoms with E-state index in [4.69, 9.17) is 0 Å². The molecule has 0 radical (unpaired) electrons. The molecule has 0 atom stereocenters. The maximum absolute atomic E-state index is 4.14. The Bertz CT molecular complexity index is 318. The Labute approximate surface area is 111 Å². The molecule has 0 amide bonds. The molecule has 0 aliphatic carbocycles. The molecule has 0 aromatic carbocycles. The van der Waals surface area contributed by atoms with Crippen molar-refractivity contribution < 1.29 is 0 Å². The number of nitrogens with one attached hydrogen (secondary N) is 1. The first-order valence-electron chi connectivity index (χ1n) is 7.20. The lowest BCUT2D eigenvalue weighted by atomic mass is 9.97. The third-order valence-electron chi connectivity index (χ3n) is 3.90. The van der Waals surface area contributed by atoms with Gasteiger partial charge in [0.15, 0.2) is 0 Å². The molecular weight excluding hydrogens is 222 g/mol. The molecule has 18 heavy (non-hydrogen) atoms. The van der Waals surface area contributed by atoms with E-state index in [2.05, 4.69) is 28.2 Å². The van der Waals surface area contributed by atoms with Gasteiger partial charge in [0, 0.05) is 12.4 Å². The fraction of sp³-hybridized carbons (Fsp3) is 0.667. The molecule has 0 bridgehead atoms. The SMILES string of the molecule is CCN1CCC(CNCCc2cccnc2)CC1. The number of hydrogen-bond acceptors (Lipinski definition) is 3. The second-order valence-electron chi connectivity index (χ2n) is 5.19. The van der Waals surface area contributed by atoms with Crippen molar-refractivity contribution >= 4 is 0 Å². The minimum absolute atomic E-state index is 0.877. The summed E-state index contributed by atoms with van der Waals surface area (Å²) in [4.78, 5) is 6.69. The Morgan fingerprint density at radius 1 is 1.39 bits per heavy atom. The van der Waals surface area contributed by atoms with Crippen molar-refractivity contribution in [3.8, 4) is 0 Å². The molecule has 0 unspecified atom stereocenters. The van der Waals surface area contributed by atoms with Crippen molar-refractivity contribution in [2.75, 3.05) is 32.7 Å². The number of nitrogens with zero attached hydrogens (tertiary/aromatic N) is 2. The van der Waals surface area contributed by atoms with Gasteiger partial charge in [0.1, 0.15) is 0 Å². The normalized spacial score (nSPS) is 18.1. The van der Waals surface area contributed by atoms with Crippen molar-refractivity contribution in [1.82, 2.24) is 15.2 Å². The maximum atomic E-state index is 4.14. The fourth-order valence-electron chi connectivity index (χ4n) is 2.59. The number of rotatable bonds is 6. The Balaban J connectivity index is 1.56. The first-order valence-corrected chi connectivity index (χ1v) is 7.20. The molecule has 1 aromatic rings. The average molecular weight is 247 g/mol. The largest absolute Gasteiger partial charge is 0.316 e. The van der Waals surface area contributed by atoms with Gasteiger partial charge in [-0.2, -0.15) is 0 Å². The second-order valence-corrected chi connectivity index (χ2v) is 5.19. The Kier molecular flexibility index (Phi) is 5.62. The molecule has 2 rings (SSSR count). The first-order chi connectivity index (χ1) is 8.88. The van der Waals surface area contributed by atoms with Crippen LogP contribution in [0.4, 0.5) is 0 Å². The summed E-state index contributed by atoms with van der Waals surface area (Å²) >= 11 is 0. The summed E-state index contributed by atoms with van der Waals surface area (Å²) in [5.74, 6) is 0.877. The molecule has 3 nitrogen and oxygen atoms in total. The van der Waals surface area contributed by atoms with Crippen molar-refractivity contribution in [3.05, 3.63) is 30.1 Å². The van der Waals surface area contributed by atoms with E-state index in [0.29, 0.717) is 0 Å². The van der Waals surface area contributed by atoms with Crippen LogP contribution in [0.25, 0.3) is 0 Å². The number of likely N-dealkylation sites (tertiary alicyclic amines) is 1. The number of hydrogen-bond donors (Lipinski definition) is 1. The average Bonchev–Trinajstić information content (AvgIpc) is 2.45. The monoisotopic (exact) mass is 247 g/mol. The Morgan fingerprint density at radius 2 is 2.22 bits per heavy atom. The van der Waals surface area contributed by atoms with Gasteiger partial charge in [-0.15, -0.1) is 0 Å². The summed E-state index contributed by atoms with van der Waals surface area (Å²) in [6.45, 7) is 8.28. The Hall–Kier alpha value is -0.930. The molecule has 3 heteroatoms. The van der Waals surface area contributed by atoms with Gasteiger partial charge in [-0.25, -0.2) is 0 Å². The lowest BCUT2D eigenvalue weighted by Gasteiger charge is -2.31. The fourth-order valence-corrected chi connectivity index (χ4v) is 2.59. The molecule has 1 fully saturated rings. The number of aromatic nitrogens is 1. The number of pyridine rings is 1. The summed E-state index contributed by atoms with van der Waals surface area (Å²) < 4.78 is 0. The molecule has 100 valence electrons. The highest BCUT2D eigenvalue weighted by molar-refractivity contribution is 5.08. The molecule has 0 spiro atoms. The topological polar surface area (TPSA) is 28.2 Å². The quantitative estimate of drug-likeness (QED) is 0.779. The molecular formula is C15H25N3. The van der Waals surface area contributed by atoms with E-state index < -0.39 is 0 Å². The van der Waals surface area contributed by atoms with E-state index in [9.17, 15) is 0 Å².